The van der Waals surface area contributed by atoms with Gasteiger partial charge in [0, 0.05) is 6.54 Å². The van der Waals surface area contributed by atoms with E-state index in [-0.39, 0.29) is 30.3 Å². The maximum absolute atomic E-state index is 12.7. The van der Waals surface area contributed by atoms with Gasteiger partial charge in [-0.05, 0) is 24.1 Å². The summed E-state index contributed by atoms with van der Waals surface area (Å²) in [6, 6.07) is 1.65. The molecule has 0 saturated heterocycles. The SMILES string of the molecule is CCC1Oc2ccc(C(N)C(F)(F)F)cc2N(CCO)C1=O. The van der Waals surface area contributed by atoms with Crippen molar-refractivity contribution >= 4 is 11.6 Å². The lowest BCUT2D eigenvalue weighted by Crippen LogP contribution is -2.47. The molecule has 1 aliphatic heterocycles. The number of aliphatic hydroxyl groups excluding tert-OH is 1. The first kappa shape index (κ1) is 16.6. The molecule has 1 aromatic carbocycles. The van der Waals surface area contributed by atoms with Crippen molar-refractivity contribution in [3.05, 3.63) is 23.8 Å². The number of ether oxygens (including phenoxy) is 1. The molecule has 0 bridgehead atoms. The van der Waals surface area contributed by atoms with Gasteiger partial charge in [0.05, 0.1) is 12.3 Å². The first-order chi connectivity index (χ1) is 10.3. The van der Waals surface area contributed by atoms with Crippen LogP contribution in [0.1, 0.15) is 24.9 Å². The van der Waals surface area contributed by atoms with E-state index >= 15 is 0 Å². The number of benzene rings is 1. The molecule has 1 aromatic rings. The molecule has 0 radical (unpaired) electrons. The number of hydrogen-bond acceptors (Lipinski definition) is 4. The molecule has 2 atom stereocenters. The number of amides is 1. The van der Waals surface area contributed by atoms with Gasteiger partial charge in [-0.1, -0.05) is 13.0 Å². The highest BCUT2D eigenvalue weighted by molar-refractivity contribution is 6.00. The van der Waals surface area contributed by atoms with E-state index in [0.29, 0.717) is 12.2 Å². The highest BCUT2D eigenvalue weighted by atomic mass is 19.4. The minimum absolute atomic E-state index is 0.0175. The van der Waals surface area contributed by atoms with Crippen molar-refractivity contribution in [2.75, 3.05) is 18.1 Å². The number of nitrogens with zero attached hydrogens (tertiary/aromatic N) is 1. The van der Waals surface area contributed by atoms with Crippen LogP contribution in [0, 0.1) is 0 Å². The lowest BCUT2D eigenvalue weighted by atomic mass is 10.0. The highest BCUT2D eigenvalue weighted by Crippen LogP contribution is 2.39. The van der Waals surface area contributed by atoms with Gasteiger partial charge in [0.1, 0.15) is 11.8 Å². The second kappa shape index (κ2) is 6.13. The number of carbonyl (C=O) groups is 1. The summed E-state index contributed by atoms with van der Waals surface area (Å²) in [7, 11) is 0. The van der Waals surface area contributed by atoms with Crippen molar-refractivity contribution < 1.29 is 27.8 Å². The summed E-state index contributed by atoms with van der Waals surface area (Å²) in [4.78, 5) is 13.5. The summed E-state index contributed by atoms with van der Waals surface area (Å²) in [5, 5.41) is 9.09. The first-order valence-electron chi connectivity index (χ1n) is 6.84. The molecule has 1 aliphatic rings. The van der Waals surface area contributed by atoms with Crippen LogP contribution in [-0.2, 0) is 4.79 Å². The quantitative estimate of drug-likeness (QED) is 0.887. The minimum Gasteiger partial charge on any atom is -0.478 e. The second-order valence-corrected chi connectivity index (χ2v) is 4.97. The Balaban J connectivity index is 2.44. The molecule has 0 fully saturated rings. The summed E-state index contributed by atoms with van der Waals surface area (Å²) in [5.74, 6) is -0.0835. The second-order valence-electron chi connectivity index (χ2n) is 4.97. The Kier molecular flexibility index (Phi) is 4.62. The average Bonchev–Trinajstić information content (AvgIpc) is 2.47. The summed E-state index contributed by atoms with van der Waals surface area (Å²) >= 11 is 0. The van der Waals surface area contributed by atoms with Crippen LogP contribution in [0.3, 0.4) is 0 Å². The molecule has 0 saturated carbocycles. The third-order valence-electron chi connectivity index (χ3n) is 3.49. The molecule has 0 spiro atoms. The van der Waals surface area contributed by atoms with Crippen molar-refractivity contribution in [2.45, 2.75) is 31.7 Å². The zero-order valence-corrected chi connectivity index (χ0v) is 11.9. The summed E-state index contributed by atoms with van der Waals surface area (Å²) in [6.07, 6.45) is -4.87. The van der Waals surface area contributed by atoms with Crippen LogP contribution < -0.4 is 15.4 Å². The summed E-state index contributed by atoms with van der Waals surface area (Å²) in [5.41, 5.74) is 5.22. The number of halogens is 3. The van der Waals surface area contributed by atoms with E-state index in [2.05, 4.69) is 0 Å². The van der Waals surface area contributed by atoms with Crippen molar-refractivity contribution in [1.82, 2.24) is 0 Å². The number of carbonyl (C=O) groups excluding carboxylic acids is 1. The van der Waals surface area contributed by atoms with Crippen LogP contribution in [0.4, 0.5) is 18.9 Å². The lowest BCUT2D eigenvalue weighted by Gasteiger charge is -2.34. The van der Waals surface area contributed by atoms with Gasteiger partial charge in [-0.3, -0.25) is 4.79 Å². The molecule has 122 valence electrons. The zero-order valence-electron chi connectivity index (χ0n) is 11.9. The van der Waals surface area contributed by atoms with Crippen LogP contribution in [0.2, 0.25) is 0 Å². The minimum atomic E-state index is -4.58. The Bertz CT molecular complexity index is 563. The molecule has 0 aromatic heterocycles. The maximum Gasteiger partial charge on any atom is 0.407 e. The number of rotatable bonds is 4. The lowest BCUT2D eigenvalue weighted by molar-refractivity contribution is -0.149. The normalized spacial score (nSPS) is 19.6. The molecule has 5 nitrogen and oxygen atoms in total. The summed E-state index contributed by atoms with van der Waals surface area (Å²) in [6.45, 7) is 1.44. The number of nitrogens with two attached hydrogens (primary N) is 1. The number of alkyl halides is 3. The number of fused-ring (bicyclic) bond motifs is 1. The van der Waals surface area contributed by atoms with Crippen molar-refractivity contribution in [3.63, 3.8) is 0 Å². The molecular weight excluding hydrogens is 301 g/mol. The van der Waals surface area contributed by atoms with E-state index < -0.39 is 18.3 Å². The number of hydrogen-bond donors (Lipinski definition) is 2. The van der Waals surface area contributed by atoms with Gasteiger partial charge in [-0.25, -0.2) is 0 Å². The van der Waals surface area contributed by atoms with Crippen molar-refractivity contribution in [2.24, 2.45) is 5.73 Å². The van der Waals surface area contributed by atoms with E-state index in [4.69, 9.17) is 15.6 Å². The molecular formula is C14H17F3N2O3. The van der Waals surface area contributed by atoms with Gasteiger partial charge >= 0.3 is 6.18 Å². The molecule has 3 N–H and O–H groups in total. The fourth-order valence-electron chi connectivity index (χ4n) is 2.31. The van der Waals surface area contributed by atoms with Crippen LogP contribution in [0.15, 0.2) is 18.2 Å². The number of β-amino-alcohol motifs (C(OH)–C–C–N with tert-alkyl or cyclic N) is 1. The smallest absolute Gasteiger partial charge is 0.407 e. The molecule has 1 amide bonds. The first-order valence-corrected chi connectivity index (χ1v) is 6.84. The van der Waals surface area contributed by atoms with E-state index in [1.54, 1.807) is 6.92 Å². The highest BCUT2D eigenvalue weighted by Gasteiger charge is 2.39. The van der Waals surface area contributed by atoms with Gasteiger partial charge in [0.25, 0.3) is 5.91 Å². The van der Waals surface area contributed by atoms with Crippen LogP contribution in [0.25, 0.3) is 0 Å². The van der Waals surface area contributed by atoms with Gasteiger partial charge in [-0.2, -0.15) is 13.2 Å². The van der Waals surface area contributed by atoms with Crippen LogP contribution in [0.5, 0.6) is 5.75 Å². The van der Waals surface area contributed by atoms with Crippen molar-refractivity contribution in [1.29, 1.82) is 0 Å². The zero-order chi connectivity index (χ0) is 16.5. The van der Waals surface area contributed by atoms with Gasteiger partial charge in [0.15, 0.2) is 6.10 Å². The van der Waals surface area contributed by atoms with Gasteiger partial charge in [0.2, 0.25) is 0 Å². The Morgan fingerprint density at radius 1 is 1.45 bits per heavy atom. The monoisotopic (exact) mass is 318 g/mol. The molecule has 22 heavy (non-hydrogen) atoms. The Morgan fingerprint density at radius 2 is 2.14 bits per heavy atom. The van der Waals surface area contributed by atoms with E-state index in [1.165, 1.54) is 23.1 Å². The van der Waals surface area contributed by atoms with E-state index in [0.717, 1.165) is 0 Å². The summed E-state index contributed by atoms with van der Waals surface area (Å²) < 4.78 is 43.7. The predicted molar refractivity (Wildman–Crippen MR) is 73.6 cm³/mol. The Labute approximate surface area is 125 Å². The molecule has 8 heteroatoms. The van der Waals surface area contributed by atoms with Crippen LogP contribution in [-0.4, -0.2) is 36.4 Å². The number of anilines is 1. The Hall–Kier alpha value is -1.80. The van der Waals surface area contributed by atoms with E-state index in [1.807, 2.05) is 0 Å². The van der Waals surface area contributed by atoms with Gasteiger partial charge < -0.3 is 20.5 Å². The Morgan fingerprint density at radius 3 is 2.68 bits per heavy atom. The van der Waals surface area contributed by atoms with Gasteiger partial charge in [-0.15, -0.1) is 0 Å². The predicted octanol–water partition coefficient (Wildman–Crippen LogP) is 1.75. The van der Waals surface area contributed by atoms with Crippen LogP contribution >= 0.6 is 0 Å². The third-order valence-corrected chi connectivity index (χ3v) is 3.49. The third kappa shape index (κ3) is 3.02. The fourth-order valence-corrected chi connectivity index (χ4v) is 2.31. The fraction of sp³-hybridized carbons (Fsp3) is 0.500. The maximum atomic E-state index is 12.7. The number of aliphatic hydroxyl groups is 1. The molecule has 0 aliphatic carbocycles. The van der Waals surface area contributed by atoms with Crippen molar-refractivity contribution in [3.8, 4) is 5.75 Å². The topological polar surface area (TPSA) is 75.8 Å². The molecule has 2 unspecified atom stereocenters. The molecule has 2 rings (SSSR count). The molecule has 1 heterocycles. The largest absolute Gasteiger partial charge is 0.478 e. The van der Waals surface area contributed by atoms with E-state index in [9.17, 15) is 18.0 Å². The average molecular weight is 318 g/mol. The standard InChI is InChI=1S/C14H17F3N2O3/c1-2-10-13(21)19(5-6-20)9-7-8(3-4-11(9)22-10)12(18)14(15,16)17/h3-4,7,10,12,20H,2,5-6,18H2,1H3.